The van der Waals surface area contributed by atoms with E-state index in [4.69, 9.17) is 19.9 Å². The number of rotatable bonds is 10. The first-order valence-electron chi connectivity index (χ1n) is 14.1. The van der Waals surface area contributed by atoms with Crippen LogP contribution in [0.2, 0.25) is 0 Å². The summed E-state index contributed by atoms with van der Waals surface area (Å²) < 4.78 is 19.5. The van der Waals surface area contributed by atoms with Gasteiger partial charge in [-0.1, -0.05) is 13.3 Å². The Labute approximate surface area is 237 Å². The van der Waals surface area contributed by atoms with E-state index in [9.17, 15) is 4.79 Å². The topological polar surface area (TPSA) is 138 Å². The van der Waals surface area contributed by atoms with Gasteiger partial charge < -0.3 is 29.7 Å². The first kappa shape index (κ1) is 26.8. The molecule has 41 heavy (non-hydrogen) atoms. The van der Waals surface area contributed by atoms with Gasteiger partial charge in [-0.25, -0.2) is 9.67 Å². The average molecular weight is 562 g/mol. The zero-order chi connectivity index (χ0) is 28.3. The third kappa shape index (κ3) is 5.24. The highest BCUT2D eigenvalue weighted by molar-refractivity contribution is 5.91. The van der Waals surface area contributed by atoms with Crippen LogP contribution in [0.25, 0.3) is 22.4 Å². The van der Waals surface area contributed by atoms with Crippen molar-refractivity contribution in [3.8, 4) is 5.75 Å². The lowest BCUT2D eigenvalue weighted by molar-refractivity contribution is -0.135. The third-order valence-corrected chi connectivity index (χ3v) is 7.47. The summed E-state index contributed by atoms with van der Waals surface area (Å²) in [4.78, 5) is 27.3. The lowest BCUT2D eigenvalue weighted by Gasteiger charge is -2.37. The van der Waals surface area contributed by atoms with E-state index >= 15 is 0 Å². The van der Waals surface area contributed by atoms with Crippen molar-refractivity contribution in [2.45, 2.75) is 32.2 Å². The molecule has 5 heterocycles. The molecule has 1 atom stereocenters. The minimum Gasteiger partial charge on any atom is -0.491 e. The maximum absolute atomic E-state index is 13.9. The monoisotopic (exact) mass is 561 g/mol. The number of fused-ring (bicyclic) bond motifs is 3. The molecule has 0 radical (unpaired) electrons. The van der Waals surface area contributed by atoms with Gasteiger partial charge in [-0.3, -0.25) is 4.79 Å². The zero-order valence-electron chi connectivity index (χ0n) is 23.4. The second kappa shape index (κ2) is 11.6. The lowest BCUT2D eigenvalue weighted by Crippen LogP contribution is -2.50. The van der Waals surface area contributed by atoms with Gasteiger partial charge in [0.1, 0.15) is 18.4 Å². The largest absolute Gasteiger partial charge is 0.491 e. The quantitative estimate of drug-likeness (QED) is 0.288. The first-order valence-corrected chi connectivity index (χ1v) is 14.1. The van der Waals surface area contributed by atoms with Crippen LogP contribution < -0.4 is 15.4 Å². The second-order valence-corrected chi connectivity index (χ2v) is 10.1. The molecular formula is C28H35N9O4. The van der Waals surface area contributed by atoms with E-state index in [1.807, 2.05) is 23.1 Å². The molecule has 4 aromatic rings. The molecule has 13 heteroatoms. The fraction of sp³-hybridized carbons (Fsp3) is 0.464. The van der Waals surface area contributed by atoms with Crippen LogP contribution in [0.3, 0.4) is 0 Å². The number of carbonyl (C=O) groups is 1. The zero-order valence-corrected chi connectivity index (χ0v) is 23.4. The van der Waals surface area contributed by atoms with Crippen molar-refractivity contribution in [3.63, 3.8) is 0 Å². The number of carbonyl (C=O) groups excluding carboxylic acids is 1. The summed E-state index contributed by atoms with van der Waals surface area (Å²) in [5.41, 5.74) is 8.47. The average Bonchev–Trinajstić information content (AvgIpc) is 3.77. The van der Waals surface area contributed by atoms with Crippen LogP contribution in [0.5, 0.6) is 5.75 Å². The molecule has 0 spiro atoms. The number of amides is 1. The van der Waals surface area contributed by atoms with Crippen LogP contribution in [-0.4, -0.2) is 93.3 Å². The van der Waals surface area contributed by atoms with Crippen LogP contribution in [-0.2, 0) is 14.3 Å². The number of anilines is 2. The molecule has 0 bridgehead atoms. The molecule has 6 rings (SSSR count). The molecule has 1 unspecified atom stereocenters. The van der Waals surface area contributed by atoms with Crippen LogP contribution >= 0.6 is 0 Å². The van der Waals surface area contributed by atoms with Gasteiger partial charge in [0.05, 0.1) is 24.8 Å². The molecule has 0 aliphatic carbocycles. The van der Waals surface area contributed by atoms with Crippen molar-refractivity contribution in [1.29, 1.82) is 0 Å². The molecule has 1 saturated heterocycles. The number of nitrogens with two attached hydrogens (primary N) is 1. The summed E-state index contributed by atoms with van der Waals surface area (Å²) in [6.45, 7) is 6.45. The Bertz CT molecular complexity index is 1550. The van der Waals surface area contributed by atoms with Gasteiger partial charge in [0, 0.05) is 45.4 Å². The highest BCUT2D eigenvalue weighted by Crippen LogP contribution is 2.28. The van der Waals surface area contributed by atoms with Crippen LogP contribution in [0.15, 0.2) is 36.5 Å². The Morgan fingerprint density at radius 1 is 1.10 bits per heavy atom. The van der Waals surface area contributed by atoms with Crippen molar-refractivity contribution in [2.24, 2.45) is 0 Å². The molecule has 1 aromatic carbocycles. The molecule has 2 N–H and O–H groups in total. The number of aromatic nitrogens is 6. The number of hydrogen-bond acceptors (Lipinski definition) is 10. The van der Waals surface area contributed by atoms with E-state index in [0.717, 1.165) is 37.4 Å². The number of benzene rings is 1. The van der Waals surface area contributed by atoms with Crippen molar-refractivity contribution < 1.29 is 19.0 Å². The normalized spacial score (nSPS) is 16.3. The maximum Gasteiger partial charge on any atom is 0.247 e. The van der Waals surface area contributed by atoms with E-state index in [-0.39, 0.29) is 11.9 Å². The van der Waals surface area contributed by atoms with Crippen molar-refractivity contribution in [2.75, 3.05) is 63.7 Å². The van der Waals surface area contributed by atoms with Gasteiger partial charge in [0.25, 0.3) is 0 Å². The molecule has 1 amide bonds. The van der Waals surface area contributed by atoms with Crippen molar-refractivity contribution in [1.82, 2.24) is 34.3 Å². The van der Waals surface area contributed by atoms with Gasteiger partial charge >= 0.3 is 0 Å². The minimum absolute atomic E-state index is 0.0327. The van der Waals surface area contributed by atoms with Gasteiger partial charge in [0.15, 0.2) is 17.1 Å². The predicted molar refractivity (Wildman–Crippen MR) is 154 cm³/mol. The Balaban J connectivity index is 1.19. The van der Waals surface area contributed by atoms with Crippen LogP contribution in [0.1, 0.15) is 38.1 Å². The fourth-order valence-electron chi connectivity index (χ4n) is 5.35. The Hall–Kier alpha value is -4.39. The first-order chi connectivity index (χ1) is 20.1. The van der Waals surface area contributed by atoms with E-state index < -0.39 is 6.04 Å². The van der Waals surface area contributed by atoms with Crippen LogP contribution in [0, 0.1) is 0 Å². The number of hydrogen-bond donors (Lipinski definition) is 1. The summed E-state index contributed by atoms with van der Waals surface area (Å²) in [6, 6.07) is 7.54. The Morgan fingerprint density at radius 2 is 1.90 bits per heavy atom. The lowest BCUT2D eigenvalue weighted by atomic mass is 10.1. The van der Waals surface area contributed by atoms with Gasteiger partial charge in [-0.2, -0.15) is 14.6 Å². The number of ether oxygens (including phenoxy) is 3. The number of nitrogens with zero attached hydrogens (tertiary/aromatic N) is 8. The summed E-state index contributed by atoms with van der Waals surface area (Å²) in [5, 5.41) is 9.80. The van der Waals surface area contributed by atoms with Crippen molar-refractivity contribution in [3.05, 3.63) is 42.4 Å². The smallest absolute Gasteiger partial charge is 0.247 e. The Morgan fingerprint density at radius 3 is 2.61 bits per heavy atom. The molecule has 3 aromatic heterocycles. The van der Waals surface area contributed by atoms with Crippen molar-refractivity contribution >= 4 is 40.0 Å². The van der Waals surface area contributed by atoms with E-state index in [2.05, 4.69) is 44.1 Å². The molecule has 216 valence electrons. The maximum atomic E-state index is 13.9. The minimum atomic E-state index is -0.495. The number of methoxy groups -OCH3 is 1. The van der Waals surface area contributed by atoms with E-state index in [0.29, 0.717) is 67.6 Å². The van der Waals surface area contributed by atoms with Gasteiger partial charge in [-0.05, 0) is 36.8 Å². The second-order valence-electron chi connectivity index (χ2n) is 10.1. The summed E-state index contributed by atoms with van der Waals surface area (Å²) >= 11 is 0. The molecule has 2 aliphatic rings. The molecule has 1 fully saturated rings. The van der Waals surface area contributed by atoms with Gasteiger partial charge in [-0.15, -0.1) is 5.10 Å². The predicted octanol–water partition coefficient (Wildman–Crippen LogP) is 2.53. The molecular weight excluding hydrogens is 526 g/mol. The number of nitrogen functional groups attached to an aromatic ring is 1. The number of piperazine rings is 1. The summed E-state index contributed by atoms with van der Waals surface area (Å²) in [7, 11) is 1.65. The SMILES string of the molecule is CCCC(C(=O)N1CCN(c2ccc(OCCOC)cc2)CC1)n1ncc2c1nc(N)n1nc(C3=CCCO3)nc21. The molecule has 2 aliphatic heterocycles. The summed E-state index contributed by atoms with van der Waals surface area (Å²) in [5.74, 6) is 2.12. The summed E-state index contributed by atoms with van der Waals surface area (Å²) in [6.07, 6.45) is 5.91. The van der Waals surface area contributed by atoms with Crippen LogP contribution in [0.4, 0.5) is 11.6 Å². The fourth-order valence-corrected chi connectivity index (χ4v) is 5.35. The highest BCUT2D eigenvalue weighted by atomic mass is 16.5. The van der Waals surface area contributed by atoms with E-state index in [1.165, 1.54) is 4.52 Å². The molecule has 13 nitrogen and oxygen atoms in total. The van der Waals surface area contributed by atoms with Gasteiger partial charge in [0.2, 0.25) is 17.7 Å². The third-order valence-electron chi connectivity index (χ3n) is 7.47. The highest BCUT2D eigenvalue weighted by Gasteiger charge is 2.31. The van der Waals surface area contributed by atoms with E-state index in [1.54, 1.807) is 18.0 Å². The Kier molecular flexibility index (Phi) is 7.59. The standard InChI is InChI=1S/C28H35N9O4/c1-3-5-22(27(38)35-13-11-34(12-14-35)19-7-9-20(10-8-19)40-17-16-39-2)36-26-21(18-30-36)25-31-24(23-6-4-15-41-23)33-37(25)28(29)32-26/h6-10,18,22H,3-5,11-17H2,1-2H3,(H2,29,32). The molecule has 0 saturated carbocycles.